The van der Waals surface area contributed by atoms with E-state index in [9.17, 15) is 14.4 Å². The van der Waals surface area contributed by atoms with E-state index in [1.165, 1.54) is 13.3 Å². The van der Waals surface area contributed by atoms with E-state index in [0.29, 0.717) is 36.8 Å². The second kappa shape index (κ2) is 11.0. The Morgan fingerprint density at radius 2 is 1.64 bits per heavy atom. The minimum atomic E-state index is -0.161. The van der Waals surface area contributed by atoms with E-state index in [1.54, 1.807) is 6.07 Å². The number of carbonyl (C=O) groups is 3. The monoisotopic (exact) mass is 455 g/mol. The van der Waals surface area contributed by atoms with Crippen molar-refractivity contribution < 1.29 is 14.4 Å². The lowest BCUT2D eigenvalue weighted by molar-refractivity contribution is -0.136. The SMILES string of the molecule is CC(=O)Nc1cc(C(=O)N2CCCNCC2)ccc1N1CCN(C(=O)C2CCCCC2)CC1. The Morgan fingerprint density at radius 3 is 2.36 bits per heavy atom. The molecular formula is C25H37N5O3. The number of hydrogen-bond donors (Lipinski definition) is 2. The van der Waals surface area contributed by atoms with Crippen LogP contribution in [-0.4, -0.2) is 79.9 Å². The summed E-state index contributed by atoms with van der Waals surface area (Å²) in [5.41, 5.74) is 2.16. The fourth-order valence-electron chi connectivity index (χ4n) is 5.24. The molecule has 3 amide bonds. The number of hydrogen-bond acceptors (Lipinski definition) is 5. The van der Waals surface area contributed by atoms with Crippen LogP contribution >= 0.6 is 0 Å². The van der Waals surface area contributed by atoms with Gasteiger partial charge in [-0.2, -0.15) is 0 Å². The van der Waals surface area contributed by atoms with Crippen LogP contribution in [0.2, 0.25) is 0 Å². The molecule has 180 valence electrons. The molecule has 2 heterocycles. The predicted octanol–water partition coefficient (Wildman–Crippen LogP) is 2.31. The van der Waals surface area contributed by atoms with Gasteiger partial charge in [0.1, 0.15) is 0 Å². The summed E-state index contributed by atoms with van der Waals surface area (Å²) in [7, 11) is 0. The molecule has 0 spiro atoms. The van der Waals surface area contributed by atoms with Crippen LogP contribution in [0.4, 0.5) is 11.4 Å². The van der Waals surface area contributed by atoms with Gasteiger partial charge in [-0.3, -0.25) is 14.4 Å². The van der Waals surface area contributed by atoms with Gasteiger partial charge in [-0.15, -0.1) is 0 Å². The lowest BCUT2D eigenvalue weighted by Crippen LogP contribution is -2.50. The number of benzene rings is 1. The van der Waals surface area contributed by atoms with Crippen molar-refractivity contribution >= 4 is 29.1 Å². The minimum Gasteiger partial charge on any atom is -0.366 e. The van der Waals surface area contributed by atoms with E-state index >= 15 is 0 Å². The molecule has 1 aliphatic carbocycles. The molecule has 4 rings (SSSR count). The van der Waals surface area contributed by atoms with Gasteiger partial charge in [-0.05, 0) is 44.0 Å². The first-order valence-electron chi connectivity index (χ1n) is 12.5. The Bertz CT molecular complexity index is 852. The number of nitrogens with zero attached hydrogens (tertiary/aromatic N) is 3. The van der Waals surface area contributed by atoms with Crippen LogP contribution in [0.3, 0.4) is 0 Å². The van der Waals surface area contributed by atoms with E-state index in [1.807, 2.05) is 21.9 Å². The zero-order valence-corrected chi connectivity index (χ0v) is 19.8. The highest BCUT2D eigenvalue weighted by Crippen LogP contribution is 2.30. The molecule has 2 saturated heterocycles. The van der Waals surface area contributed by atoms with Gasteiger partial charge in [0, 0.05) is 64.2 Å². The summed E-state index contributed by atoms with van der Waals surface area (Å²) in [6.07, 6.45) is 6.55. The number of nitrogens with one attached hydrogen (secondary N) is 2. The Labute approximate surface area is 196 Å². The highest BCUT2D eigenvalue weighted by Gasteiger charge is 2.29. The van der Waals surface area contributed by atoms with E-state index in [4.69, 9.17) is 0 Å². The highest BCUT2D eigenvalue weighted by atomic mass is 16.2. The van der Waals surface area contributed by atoms with Crippen molar-refractivity contribution in [2.75, 3.05) is 62.6 Å². The average Bonchev–Trinajstić information content (AvgIpc) is 3.13. The van der Waals surface area contributed by atoms with Gasteiger partial charge in [0.15, 0.2) is 0 Å². The fourth-order valence-corrected chi connectivity index (χ4v) is 5.24. The zero-order chi connectivity index (χ0) is 23.2. The predicted molar refractivity (Wildman–Crippen MR) is 130 cm³/mol. The van der Waals surface area contributed by atoms with Crippen LogP contribution in [0, 0.1) is 5.92 Å². The van der Waals surface area contributed by atoms with E-state index < -0.39 is 0 Å². The Hall–Kier alpha value is -2.61. The van der Waals surface area contributed by atoms with Gasteiger partial charge >= 0.3 is 0 Å². The van der Waals surface area contributed by atoms with Crippen LogP contribution in [-0.2, 0) is 9.59 Å². The number of anilines is 2. The van der Waals surface area contributed by atoms with E-state index in [0.717, 1.165) is 70.5 Å². The maximum absolute atomic E-state index is 13.1. The fraction of sp³-hybridized carbons (Fsp3) is 0.640. The van der Waals surface area contributed by atoms with Crippen molar-refractivity contribution in [3.8, 4) is 0 Å². The molecule has 1 aromatic rings. The zero-order valence-electron chi connectivity index (χ0n) is 19.8. The van der Waals surface area contributed by atoms with Crippen molar-refractivity contribution in [1.29, 1.82) is 0 Å². The number of rotatable bonds is 4. The summed E-state index contributed by atoms with van der Waals surface area (Å²) in [5.74, 6) is 0.342. The number of carbonyl (C=O) groups excluding carboxylic acids is 3. The topological polar surface area (TPSA) is 85.0 Å². The first-order chi connectivity index (χ1) is 16.0. The Kier molecular flexibility index (Phi) is 7.85. The first kappa shape index (κ1) is 23.5. The average molecular weight is 456 g/mol. The van der Waals surface area contributed by atoms with Gasteiger partial charge in [-0.25, -0.2) is 0 Å². The van der Waals surface area contributed by atoms with Gasteiger partial charge < -0.3 is 25.3 Å². The lowest BCUT2D eigenvalue weighted by atomic mass is 9.88. The molecule has 2 aliphatic heterocycles. The summed E-state index contributed by atoms with van der Waals surface area (Å²) in [6, 6.07) is 5.60. The van der Waals surface area contributed by atoms with Crippen LogP contribution in [0.5, 0.6) is 0 Å². The molecule has 1 aromatic carbocycles. The van der Waals surface area contributed by atoms with E-state index in [2.05, 4.69) is 15.5 Å². The quantitative estimate of drug-likeness (QED) is 0.728. The Morgan fingerprint density at radius 1 is 0.879 bits per heavy atom. The molecule has 2 N–H and O–H groups in total. The summed E-state index contributed by atoms with van der Waals surface area (Å²) >= 11 is 0. The molecular weight excluding hydrogens is 418 g/mol. The molecule has 0 atom stereocenters. The van der Waals surface area contributed by atoms with Crippen LogP contribution in [0.25, 0.3) is 0 Å². The first-order valence-corrected chi connectivity index (χ1v) is 12.5. The summed E-state index contributed by atoms with van der Waals surface area (Å²) in [4.78, 5) is 44.0. The largest absolute Gasteiger partial charge is 0.366 e. The maximum atomic E-state index is 13.1. The third kappa shape index (κ3) is 5.85. The van der Waals surface area contributed by atoms with Crippen LogP contribution in [0.1, 0.15) is 55.8 Å². The molecule has 1 saturated carbocycles. The van der Waals surface area contributed by atoms with Gasteiger partial charge in [-0.1, -0.05) is 19.3 Å². The molecule has 3 fully saturated rings. The molecule has 8 nitrogen and oxygen atoms in total. The van der Waals surface area contributed by atoms with Crippen molar-refractivity contribution in [3.05, 3.63) is 23.8 Å². The standard InChI is InChI=1S/C25H37N5O3/c1-19(31)27-22-18-21(25(33)29-12-5-10-26-11-13-29)8-9-23(22)28-14-16-30(17-15-28)24(32)20-6-3-2-4-7-20/h8-9,18,20,26H,2-7,10-17H2,1H3,(H,27,31). The van der Waals surface area contributed by atoms with Crippen molar-refractivity contribution in [3.63, 3.8) is 0 Å². The molecule has 0 bridgehead atoms. The number of piperazine rings is 1. The van der Waals surface area contributed by atoms with E-state index in [-0.39, 0.29) is 17.7 Å². The molecule has 0 radical (unpaired) electrons. The highest BCUT2D eigenvalue weighted by molar-refractivity contribution is 5.99. The third-order valence-corrected chi connectivity index (χ3v) is 7.07. The maximum Gasteiger partial charge on any atom is 0.253 e. The summed E-state index contributed by atoms with van der Waals surface area (Å²) in [5, 5.41) is 6.24. The Balaban J connectivity index is 1.45. The molecule has 0 aromatic heterocycles. The van der Waals surface area contributed by atoms with Crippen molar-refractivity contribution in [2.45, 2.75) is 45.4 Å². The van der Waals surface area contributed by atoms with Crippen LogP contribution < -0.4 is 15.5 Å². The second-order valence-electron chi connectivity index (χ2n) is 9.46. The van der Waals surface area contributed by atoms with Gasteiger partial charge in [0.2, 0.25) is 11.8 Å². The molecule has 8 heteroatoms. The second-order valence-corrected chi connectivity index (χ2v) is 9.46. The lowest BCUT2D eigenvalue weighted by Gasteiger charge is -2.39. The van der Waals surface area contributed by atoms with Gasteiger partial charge in [0.05, 0.1) is 11.4 Å². The molecule has 33 heavy (non-hydrogen) atoms. The van der Waals surface area contributed by atoms with Crippen LogP contribution in [0.15, 0.2) is 18.2 Å². The minimum absolute atomic E-state index is 0.000231. The molecule has 0 unspecified atom stereocenters. The van der Waals surface area contributed by atoms with Gasteiger partial charge in [0.25, 0.3) is 5.91 Å². The summed E-state index contributed by atoms with van der Waals surface area (Å²) < 4.78 is 0. The van der Waals surface area contributed by atoms with Crippen molar-refractivity contribution in [2.24, 2.45) is 5.92 Å². The molecule has 3 aliphatic rings. The van der Waals surface area contributed by atoms with Crippen molar-refractivity contribution in [1.82, 2.24) is 15.1 Å². The third-order valence-electron chi connectivity index (χ3n) is 7.07. The summed E-state index contributed by atoms with van der Waals surface area (Å²) in [6.45, 7) is 7.45. The smallest absolute Gasteiger partial charge is 0.253 e. The number of amides is 3. The normalized spacial score (nSPS) is 20.3.